The van der Waals surface area contributed by atoms with Crippen molar-refractivity contribution in [2.24, 2.45) is 45.3 Å². The van der Waals surface area contributed by atoms with Crippen molar-refractivity contribution in [1.82, 2.24) is 0 Å². The van der Waals surface area contributed by atoms with Crippen LogP contribution in [0.25, 0.3) is 0 Å². The van der Waals surface area contributed by atoms with Crippen LogP contribution in [-0.2, 0) is 14.3 Å². The van der Waals surface area contributed by atoms with Crippen LogP contribution in [-0.4, -0.2) is 40.3 Å². The van der Waals surface area contributed by atoms with Gasteiger partial charge in [0.1, 0.15) is 6.10 Å². The van der Waals surface area contributed by atoms with Gasteiger partial charge in [0.2, 0.25) is 0 Å². The molecule has 4 rings (SSSR count). The summed E-state index contributed by atoms with van der Waals surface area (Å²) in [6.07, 6.45) is 8.57. The largest absolute Gasteiger partial charge is 0.461 e. The van der Waals surface area contributed by atoms with Gasteiger partial charge in [-0.05, 0) is 85.4 Å². The van der Waals surface area contributed by atoms with Gasteiger partial charge < -0.3 is 14.9 Å². The van der Waals surface area contributed by atoms with E-state index < -0.39 is 17.6 Å². The summed E-state index contributed by atoms with van der Waals surface area (Å²) in [5.74, 6) is 0.621. The fraction of sp³-hybridized carbons (Fsp3) is 0.875. The van der Waals surface area contributed by atoms with Crippen molar-refractivity contribution in [2.45, 2.75) is 131 Å². The molecule has 2 N–H and O–H groups in total. The number of carbonyl (C=O) groups excluding carboxylic acids is 2. The second-order valence-corrected chi connectivity index (χ2v) is 14.6. The average molecular weight is 517 g/mol. The van der Waals surface area contributed by atoms with Crippen LogP contribution in [0, 0.1) is 45.3 Å². The molecule has 0 aliphatic heterocycles. The molecule has 0 unspecified atom stereocenters. The van der Waals surface area contributed by atoms with Crippen LogP contribution >= 0.6 is 0 Å². The maximum atomic E-state index is 13.2. The first kappa shape index (κ1) is 28.8. The zero-order chi connectivity index (χ0) is 27.6. The number of carbonyl (C=O) groups is 2. The Morgan fingerprint density at radius 3 is 2.27 bits per heavy atom. The molecule has 5 nitrogen and oxygen atoms in total. The fourth-order valence-corrected chi connectivity index (χ4v) is 9.90. The number of ketones is 1. The van der Waals surface area contributed by atoms with Gasteiger partial charge in [-0.3, -0.25) is 9.59 Å². The number of hydrogen-bond donors (Lipinski definition) is 2. The molecule has 0 spiro atoms. The normalized spacial score (nSPS) is 46.2. The maximum Gasteiger partial charge on any atom is 0.308 e. The van der Waals surface area contributed by atoms with Crippen LogP contribution in [0.2, 0.25) is 0 Å². The van der Waals surface area contributed by atoms with Crippen LogP contribution in [0.1, 0.15) is 113 Å². The van der Waals surface area contributed by atoms with Crippen molar-refractivity contribution < 1.29 is 24.5 Å². The average Bonchev–Trinajstić information content (AvgIpc) is 2.80. The Kier molecular flexibility index (Phi) is 7.60. The fourth-order valence-electron chi connectivity index (χ4n) is 9.90. The second-order valence-electron chi connectivity index (χ2n) is 14.6. The minimum atomic E-state index is -0.775. The van der Waals surface area contributed by atoms with Crippen molar-refractivity contribution in [3.63, 3.8) is 0 Å². The number of hydrogen-bond acceptors (Lipinski definition) is 5. The first-order valence-corrected chi connectivity index (χ1v) is 14.9. The van der Waals surface area contributed by atoms with E-state index in [0.717, 1.165) is 12.8 Å². The van der Waals surface area contributed by atoms with Gasteiger partial charge in [-0.15, -0.1) is 0 Å². The molecule has 0 amide bonds. The first-order valence-electron chi connectivity index (χ1n) is 14.9. The quantitative estimate of drug-likeness (QED) is 0.408. The molecule has 4 aliphatic rings. The molecule has 0 heterocycles. The van der Waals surface area contributed by atoms with Crippen molar-refractivity contribution in [2.75, 3.05) is 0 Å². The molecule has 0 aromatic heterocycles. The monoisotopic (exact) mass is 516 g/mol. The van der Waals surface area contributed by atoms with Gasteiger partial charge in [0.15, 0.2) is 5.78 Å². The lowest BCUT2D eigenvalue weighted by Gasteiger charge is -2.70. The van der Waals surface area contributed by atoms with E-state index in [-0.39, 0.29) is 46.9 Å². The lowest BCUT2D eigenvalue weighted by Crippen LogP contribution is -2.65. The number of esters is 1. The third-order valence-electron chi connectivity index (χ3n) is 12.3. The van der Waals surface area contributed by atoms with Crippen LogP contribution < -0.4 is 0 Å². The van der Waals surface area contributed by atoms with Crippen molar-refractivity contribution in [3.05, 3.63) is 11.6 Å². The van der Waals surface area contributed by atoms with E-state index in [4.69, 9.17) is 4.74 Å². The Balaban J connectivity index is 1.78. The van der Waals surface area contributed by atoms with Crippen molar-refractivity contribution in [3.8, 4) is 0 Å². The number of fused-ring (bicyclic) bond motifs is 5. The van der Waals surface area contributed by atoms with Gasteiger partial charge in [0.25, 0.3) is 0 Å². The van der Waals surface area contributed by atoms with Gasteiger partial charge >= 0.3 is 5.97 Å². The smallest absolute Gasteiger partial charge is 0.308 e. The van der Waals surface area contributed by atoms with Crippen LogP contribution in [0.15, 0.2) is 11.6 Å². The molecule has 5 heteroatoms. The summed E-state index contributed by atoms with van der Waals surface area (Å²) in [7, 11) is 0. The van der Waals surface area contributed by atoms with Gasteiger partial charge in [-0.2, -0.15) is 0 Å². The highest BCUT2D eigenvalue weighted by molar-refractivity contribution is 5.94. The topological polar surface area (TPSA) is 83.8 Å². The Morgan fingerprint density at radius 2 is 1.68 bits per heavy atom. The zero-order valence-electron chi connectivity index (χ0n) is 24.6. The Bertz CT molecular complexity index is 939. The molecule has 3 saturated carbocycles. The molecule has 37 heavy (non-hydrogen) atoms. The van der Waals surface area contributed by atoms with Gasteiger partial charge in [0.05, 0.1) is 18.6 Å². The summed E-state index contributed by atoms with van der Waals surface area (Å²) in [5.41, 5.74) is 0.396. The Labute approximate surface area is 224 Å². The second kappa shape index (κ2) is 9.77. The highest BCUT2D eigenvalue weighted by atomic mass is 16.5. The zero-order valence-corrected chi connectivity index (χ0v) is 24.6. The number of aliphatic hydroxyl groups is 2. The van der Waals surface area contributed by atoms with E-state index >= 15 is 0 Å². The van der Waals surface area contributed by atoms with E-state index in [9.17, 15) is 19.8 Å². The highest BCUT2D eigenvalue weighted by Crippen LogP contribution is 2.72. The third-order valence-corrected chi connectivity index (χ3v) is 12.3. The molecule has 0 saturated heterocycles. The lowest BCUT2D eigenvalue weighted by atomic mass is 9.35. The standard InChI is InChI=1S/C32H52O5/c1-9-29(5)12-10-13-30(6)24(29)11-14-31(7)25-15-23(35)21(20(4)33)18-32(25,8)27(17-26(30)31)37-28(36)16-22(34)19(2)3/h18-19,22-27,34-35H,9-17H2,1-8H3/t22-,23+,24-,25-,26+,27-,29-,30-,31-,32+/m0/s1. The number of Topliss-reactive ketones (excluding diaryl/α,β-unsaturated/α-hetero) is 1. The molecule has 3 fully saturated rings. The summed E-state index contributed by atoms with van der Waals surface area (Å²) in [4.78, 5) is 25.7. The number of aliphatic hydroxyl groups excluding tert-OH is 2. The van der Waals surface area contributed by atoms with Crippen LogP contribution in [0.5, 0.6) is 0 Å². The van der Waals surface area contributed by atoms with Crippen molar-refractivity contribution in [1.29, 1.82) is 0 Å². The summed E-state index contributed by atoms with van der Waals surface area (Å²) in [5, 5.41) is 21.5. The molecule has 0 bridgehead atoms. The maximum absolute atomic E-state index is 13.2. The van der Waals surface area contributed by atoms with E-state index in [2.05, 4.69) is 34.6 Å². The van der Waals surface area contributed by atoms with Gasteiger partial charge in [-0.25, -0.2) is 0 Å². The molecular weight excluding hydrogens is 464 g/mol. The molecule has 0 aromatic rings. The van der Waals surface area contributed by atoms with E-state index in [1.165, 1.54) is 39.0 Å². The predicted molar refractivity (Wildman–Crippen MR) is 146 cm³/mol. The Morgan fingerprint density at radius 1 is 1.03 bits per heavy atom. The summed E-state index contributed by atoms with van der Waals surface area (Å²) in [6.45, 7) is 17.2. The van der Waals surface area contributed by atoms with Gasteiger partial charge in [0, 0.05) is 11.0 Å². The molecule has 4 aliphatic carbocycles. The molecule has 0 radical (unpaired) electrons. The van der Waals surface area contributed by atoms with E-state index in [1.54, 1.807) is 0 Å². The van der Waals surface area contributed by atoms with E-state index in [1.807, 2.05) is 19.9 Å². The minimum absolute atomic E-state index is 0.00779. The summed E-state index contributed by atoms with van der Waals surface area (Å²) < 4.78 is 6.31. The van der Waals surface area contributed by atoms with Crippen LogP contribution in [0.4, 0.5) is 0 Å². The van der Waals surface area contributed by atoms with Crippen LogP contribution in [0.3, 0.4) is 0 Å². The van der Waals surface area contributed by atoms with E-state index in [0.29, 0.717) is 29.2 Å². The highest BCUT2D eigenvalue weighted by Gasteiger charge is 2.67. The Hall–Kier alpha value is -1.20. The van der Waals surface area contributed by atoms with Crippen molar-refractivity contribution >= 4 is 11.8 Å². The molecular formula is C32H52O5. The molecule has 0 aromatic carbocycles. The first-order chi connectivity index (χ1) is 17.1. The molecule has 210 valence electrons. The van der Waals surface area contributed by atoms with Gasteiger partial charge in [-0.1, -0.05) is 67.4 Å². The summed E-state index contributed by atoms with van der Waals surface area (Å²) >= 11 is 0. The number of rotatable bonds is 6. The molecule has 10 atom stereocenters. The minimum Gasteiger partial charge on any atom is -0.461 e. The third kappa shape index (κ3) is 4.54. The SMILES string of the molecule is CC[C@@]1(C)CCC[C@]2(C)[C@H]3C[C@H](OC(=O)C[C@H](O)C(C)C)[C@]4(C)C=C(C(C)=O)[C@H](O)C[C@H]4[C@]3(C)CC[C@@H]12. The summed E-state index contributed by atoms with van der Waals surface area (Å²) in [6, 6.07) is 0. The predicted octanol–water partition coefficient (Wildman–Crippen LogP) is 6.25. The lowest BCUT2D eigenvalue weighted by molar-refractivity contribution is -0.229. The number of ether oxygens (including phenoxy) is 1.